The zero-order chi connectivity index (χ0) is 13.2. The summed E-state index contributed by atoms with van der Waals surface area (Å²) in [6, 6.07) is 8.00. The SMILES string of the molecule is Clc1ccc(Cl)c(CN(Cc2ccco2)C2CC2)n1. The van der Waals surface area contributed by atoms with Crippen molar-refractivity contribution in [1.82, 2.24) is 9.88 Å². The predicted octanol–water partition coefficient (Wildman–Crippen LogP) is 4.15. The number of furan rings is 1. The van der Waals surface area contributed by atoms with Crippen LogP contribution in [-0.4, -0.2) is 15.9 Å². The van der Waals surface area contributed by atoms with Crippen LogP contribution in [-0.2, 0) is 13.1 Å². The van der Waals surface area contributed by atoms with Gasteiger partial charge in [-0.25, -0.2) is 4.98 Å². The molecule has 0 saturated heterocycles. The van der Waals surface area contributed by atoms with Crippen molar-refractivity contribution >= 4 is 23.2 Å². The van der Waals surface area contributed by atoms with Crippen molar-refractivity contribution in [3.05, 3.63) is 52.2 Å². The first-order valence-corrected chi connectivity index (χ1v) is 7.05. The van der Waals surface area contributed by atoms with E-state index < -0.39 is 0 Å². The quantitative estimate of drug-likeness (QED) is 0.776. The predicted molar refractivity (Wildman–Crippen MR) is 75.2 cm³/mol. The van der Waals surface area contributed by atoms with E-state index in [1.165, 1.54) is 12.8 Å². The number of hydrogen-bond donors (Lipinski definition) is 0. The van der Waals surface area contributed by atoms with Gasteiger partial charge in [0, 0.05) is 12.6 Å². The number of rotatable bonds is 5. The second-order valence-corrected chi connectivity index (χ2v) is 5.57. The molecule has 19 heavy (non-hydrogen) atoms. The number of halogens is 2. The van der Waals surface area contributed by atoms with Crippen molar-refractivity contribution in [2.24, 2.45) is 0 Å². The van der Waals surface area contributed by atoms with E-state index in [1.54, 1.807) is 18.4 Å². The smallest absolute Gasteiger partial charge is 0.129 e. The molecule has 100 valence electrons. The minimum atomic E-state index is 0.480. The summed E-state index contributed by atoms with van der Waals surface area (Å²) in [5.74, 6) is 0.963. The second-order valence-electron chi connectivity index (χ2n) is 4.78. The maximum Gasteiger partial charge on any atom is 0.129 e. The Bertz CT molecular complexity index is 553. The lowest BCUT2D eigenvalue weighted by Gasteiger charge is -2.20. The molecule has 1 aliphatic rings. The fourth-order valence-corrected chi connectivity index (χ4v) is 2.45. The van der Waals surface area contributed by atoms with Gasteiger partial charge in [0.05, 0.1) is 23.5 Å². The number of hydrogen-bond acceptors (Lipinski definition) is 3. The number of aromatic nitrogens is 1. The van der Waals surface area contributed by atoms with Gasteiger partial charge in [-0.2, -0.15) is 0 Å². The molecule has 0 aliphatic heterocycles. The Morgan fingerprint density at radius 1 is 1.21 bits per heavy atom. The van der Waals surface area contributed by atoms with Crippen LogP contribution >= 0.6 is 23.2 Å². The topological polar surface area (TPSA) is 29.3 Å². The molecule has 2 aromatic rings. The van der Waals surface area contributed by atoms with Gasteiger partial charge in [0.25, 0.3) is 0 Å². The molecule has 3 rings (SSSR count). The van der Waals surface area contributed by atoms with Gasteiger partial charge in [0.15, 0.2) is 0 Å². The Labute approximate surface area is 122 Å². The maximum atomic E-state index is 6.18. The summed E-state index contributed by atoms with van der Waals surface area (Å²) in [5, 5.41) is 1.14. The normalized spacial score (nSPS) is 15.1. The first kappa shape index (κ1) is 13.0. The van der Waals surface area contributed by atoms with E-state index in [0.717, 1.165) is 18.0 Å². The van der Waals surface area contributed by atoms with E-state index in [-0.39, 0.29) is 0 Å². The summed E-state index contributed by atoms with van der Waals surface area (Å²) >= 11 is 12.1. The summed E-state index contributed by atoms with van der Waals surface area (Å²) < 4.78 is 5.41. The molecule has 0 spiro atoms. The van der Waals surface area contributed by atoms with Gasteiger partial charge in [0.2, 0.25) is 0 Å². The van der Waals surface area contributed by atoms with E-state index in [9.17, 15) is 0 Å². The molecule has 0 bridgehead atoms. The molecule has 0 unspecified atom stereocenters. The highest BCUT2D eigenvalue weighted by molar-refractivity contribution is 6.32. The molecule has 0 aromatic carbocycles. The standard InChI is InChI=1S/C14H14Cl2N2O/c15-12-5-6-14(16)17-13(12)9-18(10-3-4-10)8-11-2-1-7-19-11/h1-2,5-7,10H,3-4,8-9H2. The second kappa shape index (κ2) is 5.53. The van der Waals surface area contributed by atoms with Crippen molar-refractivity contribution in [1.29, 1.82) is 0 Å². The van der Waals surface area contributed by atoms with Crippen LogP contribution in [0.4, 0.5) is 0 Å². The highest BCUT2D eigenvalue weighted by atomic mass is 35.5. The van der Waals surface area contributed by atoms with E-state index in [1.807, 2.05) is 12.1 Å². The molecule has 0 radical (unpaired) electrons. The van der Waals surface area contributed by atoms with E-state index >= 15 is 0 Å². The molecule has 1 aliphatic carbocycles. The molecule has 1 fully saturated rings. The molecule has 1 saturated carbocycles. The molecule has 0 N–H and O–H groups in total. The molecule has 2 aromatic heterocycles. The minimum absolute atomic E-state index is 0.480. The lowest BCUT2D eigenvalue weighted by molar-refractivity contribution is 0.223. The first-order chi connectivity index (χ1) is 9.22. The fourth-order valence-electron chi connectivity index (χ4n) is 2.12. The van der Waals surface area contributed by atoms with Crippen molar-refractivity contribution in [2.45, 2.75) is 32.0 Å². The van der Waals surface area contributed by atoms with Gasteiger partial charge < -0.3 is 4.42 Å². The highest BCUT2D eigenvalue weighted by Gasteiger charge is 2.30. The maximum absolute atomic E-state index is 6.18. The van der Waals surface area contributed by atoms with Gasteiger partial charge in [-0.05, 0) is 37.1 Å². The highest BCUT2D eigenvalue weighted by Crippen LogP contribution is 2.31. The van der Waals surface area contributed by atoms with E-state index in [2.05, 4.69) is 9.88 Å². The minimum Gasteiger partial charge on any atom is -0.468 e. The molecular weight excluding hydrogens is 283 g/mol. The van der Waals surface area contributed by atoms with Gasteiger partial charge in [-0.15, -0.1) is 0 Å². The zero-order valence-corrected chi connectivity index (χ0v) is 11.9. The Balaban J connectivity index is 1.76. The summed E-state index contributed by atoms with van der Waals surface area (Å²) in [7, 11) is 0. The Morgan fingerprint density at radius 2 is 2.05 bits per heavy atom. The fraction of sp³-hybridized carbons (Fsp3) is 0.357. The average molecular weight is 297 g/mol. The van der Waals surface area contributed by atoms with Crippen LogP contribution in [0.1, 0.15) is 24.3 Å². The summed E-state index contributed by atoms with van der Waals surface area (Å²) in [5.41, 5.74) is 0.827. The largest absolute Gasteiger partial charge is 0.468 e. The van der Waals surface area contributed by atoms with E-state index in [4.69, 9.17) is 27.6 Å². The number of pyridine rings is 1. The van der Waals surface area contributed by atoms with Crippen LogP contribution in [0.2, 0.25) is 10.2 Å². The molecular formula is C14H14Cl2N2O. The summed E-state index contributed by atoms with van der Waals surface area (Å²) in [6.07, 6.45) is 4.14. The molecule has 2 heterocycles. The van der Waals surface area contributed by atoms with E-state index in [0.29, 0.717) is 22.8 Å². The van der Waals surface area contributed by atoms with Crippen molar-refractivity contribution in [3.8, 4) is 0 Å². The third-order valence-corrected chi connectivity index (χ3v) is 3.79. The molecule has 5 heteroatoms. The Kier molecular flexibility index (Phi) is 3.78. The molecule has 0 amide bonds. The zero-order valence-electron chi connectivity index (χ0n) is 10.4. The summed E-state index contributed by atoms with van der Waals surface area (Å²) in [4.78, 5) is 6.65. The van der Waals surface area contributed by atoms with Gasteiger partial charge >= 0.3 is 0 Å². The molecule has 0 atom stereocenters. The summed E-state index contributed by atoms with van der Waals surface area (Å²) in [6.45, 7) is 1.48. The van der Waals surface area contributed by atoms with Crippen LogP contribution < -0.4 is 0 Å². The van der Waals surface area contributed by atoms with Crippen molar-refractivity contribution < 1.29 is 4.42 Å². The lowest BCUT2D eigenvalue weighted by atomic mass is 10.3. The number of nitrogens with zero attached hydrogens (tertiary/aromatic N) is 2. The van der Waals surface area contributed by atoms with Crippen molar-refractivity contribution in [3.63, 3.8) is 0 Å². The third-order valence-electron chi connectivity index (χ3n) is 3.24. The first-order valence-electron chi connectivity index (χ1n) is 6.30. The third kappa shape index (κ3) is 3.30. The Hall–Kier alpha value is -1.03. The Morgan fingerprint density at radius 3 is 2.74 bits per heavy atom. The van der Waals surface area contributed by atoms with Gasteiger partial charge in [-0.1, -0.05) is 23.2 Å². The van der Waals surface area contributed by atoms with Crippen LogP contribution in [0.15, 0.2) is 34.9 Å². The van der Waals surface area contributed by atoms with Crippen LogP contribution in [0.5, 0.6) is 0 Å². The lowest BCUT2D eigenvalue weighted by Crippen LogP contribution is -2.25. The van der Waals surface area contributed by atoms with Crippen LogP contribution in [0.25, 0.3) is 0 Å². The van der Waals surface area contributed by atoms with Crippen LogP contribution in [0.3, 0.4) is 0 Å². The monoisotopic (exact) mass is 296 g/mol. The van der Waals surface area contributed by atoms with Gasteiger partial charge in [0.1, 0.15) is 10.9 Å². The average Bonchev–Trinajstić information content (AvgIpc) is 3.12. The van der Waals surface area contributed by atoms with Crippen molar-refractivity contribution in [2.75, 3.05) is 0 Å². The van der Waals surface area contributed by atoms with Gasteiger partial charge in [-0.3, -0.25) is 4.90 Å². The van der Waals surface area contributed by atoms with Crippen LogP contribution in [0, 0.1) is 0 Å². The molecule has 3 nitrogen and oxygen atoms in total.